The summed E-state index contributed by atoms with van der Waals surface area (Å²) < 4.78 is 36.8. The van der Waals surface area contributed by atoms with Crippen LogP contribution in [-0.2, 0) is 19.1 Å². The molecule has 3 rings (SSSR count). The van der Waals surface area contributed by atoms with Crippen molar-refractivity contribution in [2.24, 2.45) is 0 Å². The number of anilines is 2. The fourth-order valence-electron chi connectivity index (χ4n) is 4.04. The second-order valence-corrected chi connectivity index (χ2v) is 8.45. The summed E-state index contributed by atoms with van der Waals surface area (Å²) in [5.41, 5.74) is 0.808. The quantitative estimate of drug-likeness (QED) is 0.242. The third-order valence-electron chi connectivity index (χ3n) is 5.89. The van der Waals surface area contributed by atoms with Gasteiger partial charge in [0, 0.05) is 12.5 Å². The molecule has 0 aliphatic carbocycles. The van der Waals surface area contributed by atoms with E-state index in [-0.39, 0.29) is 55.4 Å². The van der Waals surface area contributed by atoms with Crippen molar-refractivity contribution in [2.45, 2.75) is 32.7 Å². The molecule has 0 aliphatic heterocycles. The van der Waals surface area contributed by atoms with Crippen molar-refractivity contribution in [3.05, 3.63) is 47.9 Å². The fraction of sp³-hybridized carbons (Fsp3) is 0.345. The topological polar surface area (TPSA) is 129 Å². The molecule has 1 atom stereocenters. The maximum absolute atomic E-state index is 16.1. The number of hydrogen-bond acceptors (Lipinski definition) is 10. The van der Waals surface area contributed by atoms with E-state index in [0.29, 0.717) is 11.0 Å². The van der Waals surface area contributed by atoms with Gasteiger partial charge in [-0.05, 0) is 32.4 Å². The molecular weight excluding hydrogens is 535 g/mol. The Kier molecular flexibility index (Phi) is 10.8. The Bertz CT molecular complexity index is 1460. The number of terminal acetylenes is 1. The number of nitrogens with zero attached hydrogens (tertiary/aromatic N) is 3. The monoisotopic (exact) mass is 566 g/mol. The maximum atomic E-state index is 16.1. The molecule has 0 radical (unpaired) electrons. The lowest BCUT2D eigenvalue weighted by Crippen LogP contribution is -2.42. The van der Waals surface area contributed by atoms with E-state index in [1.54, 1.807) is 32.0 Å². The molecule has 1 aromatic heterocycles. The smallest absolute Gasteiger partial charge is 0.328 e. The summed E-state index contributed by atoms with van der Waals surface area (Å²) in [4.78, 5) is 48.2. The number of nitrogens with one attached hydrogen (secondary N) is 1. The van der Waals surface area contributed by atoms with Gasteiger partial charge in [0.2, 0.25) is 0 Å². The van der Waals surface area contributed by atoms with Crippen LogP contribution < -0.4 is 19.7 Å². The molecule has 3 aromatic rings. The number of benzene rings is 2. The van der Waals surface area contributed by atoms with Gasteiger partial charge in [-0.15, -0.1) is 6.42 Å². The predicted molar refractivity (Wildman–Crippen MR) is 149 cm³/mol. The Morgan fingerprint density at radius 2 is 1.80 bits per heavy atom. The molecule has 12 heteroatoms. The lowest BCUT2D eigenvalue weighted by atomic mass is 10.1. The van der Waals surface area contributed by atoms with E-state index in [1.807, 2.05) is 6.07 Å². The second kappa shape index (κ2) is 14.5. The molecule has 1 amide bonds. The highest BCUT2D eigenvalue weighted by Gasteiger charge is 2.31. The standard InChI is InChI=1S/C29H31FN4O7/c1-6-15-34(23-17-31-18-11-9-10-12-19(18)32-23)21-16-22(38-4)25(27(39-5)26(21)30)28(36)33-20(29(37)41-8-3)13-14-24(35)40-7-2/h1,9-12,16-17,20H,7-8,13-15H2,2-5H3,(H,33,36). The van der Waals surface area contributed by atoms with Crippen LogP contribution in [0.4, 0.5) is 15.9 Å². The first-order chi connectivity index (χ1) is 19.8. The van der Waals surface area contributed by atoms with Crippen LogP contribution in [0, 0.1) is 18.2 Å². The molecule has 0 fully saturated rings. The highest BCUT2D eigenvalue weighted by Crippen LogP contribution is 2.40. The molecule has 2 aromatic carbocycles. The average Bonchev–Trinajstić information content (AvgIpc) is 2.97. The molecule has 11 nitrogen and oxygen atoms in total. The molecule has 0 saturated carbocycles. The zero-order valence-corrected chi connectivity index (χ0v) is 23.2. The van der Waals surface area contributed by atoms with Gasteiger partial charge in [0.05, 0.1) is 56.9 Å². The van der Waals surface area contributed by atoms with Gasteiger partial charge in [0.1, 0.15) is 17.4 Å². The maximum Gasteiger partial charge on any atom is 0.328 e. The number of methoxy groups -OCH3 is 2. The summed E-state index contributed by atoms with van der Waals surface area (Å²) >= 11 is 0. The van der Waals surface area contributed by atoms with Gasteiger partial charge in [-0.2, -0.15) is 0 Å². The van der Waals surface area contributed by atoms with Crippen molar-refractivity contribution in [2.75, 3.05) is 38.9 Å². The van der Waals surface area contributed by atoms with E-state index < -0.39 is 35.5 Å². The number of ether oxygens (including phenoxy) is 4. The Balaban J connectivity index is 2.04. The van der Waals surface area contributed by atoms with Crippen LogP contribution in [-0.4, -0.2) is 67.8 Å². The highest BCUT2D eigenvalue weighted by molar-refractivity contribution is 6.02. The van der Waals surface area contributed by atoms with Crippen molar-refractivity contribution < 1.29 is 37.7 Å². The molecule has 1 heterocycles. The number of para-hydroxylation sites is 2. The molecule has 216 valence electrons. The van der Waals surface area contributed by atoms with Crippen LogP contribution in [0.1, 0.15) is 37.0 Å². The number of amides is 1. The first-order valence-electron chi connectivity index (χ1n) is 12.8. The van der Waals surface area contributed by atoms with Gasteiger partial charge < -0.3 is 29.2 Å². The molecule has 0 bridgehead atoms. The van der Waals surface area contributed by atoms with E-state index in [9.17, 15) is 14.4 Å². The van der Waals surface area contributed by atoms with Gasteiger partial charge in [-0.3, -0.25) is 14.6 Å². The number of carbonyl (C=O) groups is 3. The number of hydrogen-bond donors (Lipinski definition) is 1. The summed E-state index contributed by atoms with van der Waals surface area (Å²) in [6, 6.07) is 7.20. The van der Waals surface area contributed by atoms with E-state index >= 15 is 4.39 Å². The number of aromatic nitrogens is 2. The normalized spacial score (nSPS) is 11.2. The van der Waals surface area contributed by atoms with E-state index in [1.165, 1.54) is 31.4 Å². The van der Waals surface area contributed by atoms with Gasteiger partial charge in [-0.1, -0.05) is 18.1 Å². The first kappa shape index (κ1) is 30.6. The molecule has 1 N–H and O–H groups in total. The lowest BCUT2D eigenvalue weighted by Gasteiger charge is -2.25. The molecular formula is C29H31FN4O7. The van der Waals surface area contributed by atoms with Crippen LogP contribution in [0.5, 0.6) is 11.5 Å². The minimum atomic E-state index is -1.23. The zero-order valence-electron chi connectivity index (χ0n) is 23.2. The molecule has 0 saturated heterocycles. The minimum absolute atomic E-state index is 0.0449. The van der Waals surface area contributed by atoms with Crippen LogP contribution in [0.15, 0.2) is 36.5 Å². The van der Waals surface area contributed by atoms with Gasteiger partial charge in [0.15, 0.2) is 17.4 Å². The SMILES string of the molecule is C#CCN(c1cnc2ccccc2n1)c1cc(OC)c(C(=O)NC(CCC(=O)OCC)C(=O)OCC)c(OC)c1F. The summed E-state index contributed by atoms with van der Waals surface area (Å²) in [5.74, 6) is -0.932. The Hall–Kier alpha value is -4.92. The number of carbonyl (C=O) groups excluding carboxylic acids is 3. The fourth-order valence-corrected chi connectivity index (χ4v) is 4.04. The highest BCUT2D eigenvalue weighted by atomic mass is 19.1. The molecule has 0 aliphatic rings. The van der Waals surface area contributed by atoms with Crippen molar-refractivity contribution in [1.82, 2.24) is 15.3 Å². The van der Waals surface area contributed by atoms with Gasteiger partial charge in [0.25, 0.3) is 5.91 Å². The third kappa shape index (κ3) is 7.19. The summed E-state index contributed by atoms with van der Waals surface area (Å²) in [5, 5.41) is 2.50. The van der Waals surface area contributed by atoms with E-state index in [0.717, 1.165) is 0 Å². The Morgan fingerprint density at radius 3 is 2.44 bits per heavy atom. The second-order valence-electron chi connectivity index (χ2n) is 8.45. The van der Waals surface area contributed by atoms with Gasteiger partial charge >= 0.3 is 11.9 Å². The average molecular weight is 567 g/mol. The van der Waals surface area contributed by atoms with Crippen molar-refractivity contribution in [3.8, 4) is 23.8 Å². The lowest BCUT2D eigenvalue weighted by molar-refractivity contribution is -0.146. The number of fused-ring (bicyclic) bond motifs is 1. The van der Waals surface area contributed by atoms with E-state index in [2.05, 4.69) is 21.2 Å². The zero-order chi connectivity index (χ0) is 29.9. The number of esters is 2. The molecule has 0 spiro atoms. The van der Waals surface area contributed by atoms with Crippen LogP contribution in [0.3, 0.4) is 0 Å². The Morgan fingerprint density at radius 1 is 1.10 bits per heavy atom. The summed E-state index contributed by atoms with van der Waals surface area (Å²) in [6.45, 7) is 3.36. The van der Waals surface area contributed by atoms with Crippen LogP contribution >= 0.6 is 0 Å². The third-order valence-corrected chi connectivity index (χ3v) is 5.89. The summed E-state index contributed by atoms with van der Waals surface area (Å²) in [7, 11) is 2.47. The van der Waals surface area contributed by atoms with E-state index in [4.69, 9.17) is 25.4 Å². The first-order valence-corrected chi connectivity index (χ1v) is 12.8. The van der Waals surface area contributed by atoms with Crippen molar-refractivity contribution in [1.29, 1.82) is 0 Å². The predicted octanol–water partition coefficient (Wildman–Crippen LogP) is 3.56. The summed E-state index contributed by atoms with van der Waals surface area (Å²) in [6.07, 6.45) is 6.78. The Labute approximate surface area is 236 Å². The number of rotatable bonds is 13. The van der Waals surface area contributed by atoms with Crippen molar-refractivity contribution >= 4 is 40.4 Å². The molecule has 1 unspecified atom stereocenters. The van der Waals surface area contributed by atoms with Crippen LogP contribution in [0.2, 0.25) is 0 Å². The minimum Gasteiger partial charge on any atom is -0.496 e. The molecule has 41 heavy (non-hydrogen) atoms. The van der Waals surface area contributed by atoms with Crippen molar-refractivity contribution in [3.63, 3.8) is 0 Å². The largest absolute Gasteiger partial charge is 0.496 e. The van der Waals surface area contributed by atoms with Gasteiger partial charge in [-0.25, -0.2) is 14.2 Å². The number of halogens is 1. The van der Waals surface area contributed by atoms with Crippen LogP contribution in [0.25, 0.3) is 11.0 Å².